The van der Waals surface area contributed by atoms with E-state index in [9.17, 15) is 4.39 Å². The van der Waals surface area contributed by atoms with E-state index in [0.717, 1.165) is 27.6 Å². The number of hydrogen-bond donors (Lipinski definition) is 1. The zero-order valence-electron chi connectivity index (χ0n) is 11.9. The van der Waals surface area contributed by atoms with E-state index in [0.29, 0.717) is 11.6 Å². The van der Waals surface area contributed by atoms with Gasteiger partial charge in [-0.05, 0) is 35.2 Å². The molecule has 0 saturated heterocycles. The molecule has 0 amide bonds. The Balaban J connectivity index is 2.25. The summed E-state index contributed by atoms with van der Waals surface area (Å²) in [6.07, 6.45) is 1.71. The third-order valence-corrected chi connectivity index (χ3v) is 3.82. The minimum atomic E-state index is -0.412. The molecule has 0 bridgehead atoms. The van der Waals surface area contributed by atoms with Crippen LogP contribution in [-0.4, -0.2) is 12.1 Å². The van der Waals surface area contributed by atoms with Gasteiger partial charge in [0.1, 0.15) is 0 Å². The molecule has 112 valence electrons. The lowest BCUT2D eigenvalue weighted by Gasteiger charge is -2.11. The molecule has 0 fully saturated rings. The Morgan fingerprint density at radius 1 is 1.18 bits per heavy atom. The van der Waals surface area contributed by atoms with Crippen LogP contribution >= 0.6 is 11.6 Å². The molecule has 0 aliphatic rings. The van der Waals surface area contributed by atoms with Crippen molar-refractivity contribution in [3.63, 3.8) is 0 Å². The number of nitrogens with zero attached hydrogens (tertiary/aromatic N) is 1. The maximum atomic E-state index is 14.0. The van der Waals surface area contributed by atoms with E-state index < -0.39 is 5.82 Å². The smallest absolute Gasteiger partial charge is 0.165 e. The zero-order valence-corrected chi connectivity index (χ0v) is 12.7. The molecule has 22 heavy (non-hydrogen) atoms. The summed E-state index contributed by atoms with van der Waals surface area (Å²) in [6.45, 7) is 0.314. The minimum Gasteiger partial charge on any atom is -0.494 e. The Hall–Kier alpha value is -2.17. The highest BCUT2D eigenvalue weighted by Gasteiger charge is 2.11. The standard InChI is InChI=1S/C17H14ClFN2O/c1-22-17-5-2-10(6-15(17)19)14-9-21-16(8-20)13-7-11(18)3-4-12(13)14/h2-7,9H,8,20H2,1H3. The van der Waals surface area contributed by atoms with E-state index >= 15 is 0 Å². The van der Waals surface area contributed by atoms with Crippen molar-refractivity contribution in [1.29, 1.82) is 0 Å². The van der Waals surface area contributed by atoms with E-state index in [1.165, 1.54) is 13.2 Å². The molecule has 0 aliphatic carbocycles. The summed E-state index contributed by atoms with van der Waals surface area (Å²) in [5, 5.41) is 2.43. The van der Waals surface area contributed by atoms with E-state index in [2.05, 4.69) is 4.98 Å². The lowest BCUT2D eigenvalue weighted by atomic mass is 9.99. The number of fused-ring (bicyclic) bond motifs is 1. The second kappa shape index (κ2) is 5.91. The molecular formula is C17H14ClFN2O. The Morgan fingerprint density at radius 2 is 2.00 bits per heavy atom. The third kappa shape index (κ3) is 2.51. The van der Waals surface area contributed by atoms with Crippen molar-refractivity contribution in [1.82, 2.24) is 4.98 Å². The Labute approximate surface area is 132 Å². The van der Waals surface area contributed by atoms with Gasteiger partial charge in [-0.3, -0.25) is 4.98 Å². The van der Waals surface area contributed by atoms with E-state index in [1.54, 1.807) is 24.4 Å². The van der Waals surface area contributed by atoms with Crippen LogP contribution in [0.2, 0.25) is 5.02 Å². The highest BCUT2D eigenvalue weighted by Crippen LogP contribution is 2.33. The van der Waals surface area contributed by atoms with Gasteiger partial charge in [-0.25, -0.2) is 4.39 Å². The topological polar surface area (TPSA) is 48.1 Å². The van der Waals surface area contributed by atoms with Crippen molar-refractivity contribution in [3.8, 4) is 16.9 Å². The lowest BCUT2D eigenvalue weighted by Crippen LogP contribution is -2.01. The van der Waals surface area contributed by atoms with Gasteiger partial charge in [-0.2, -0.15) is 0 Å². The van der Waals surface area contributed by atoms with Crippen LogP contribution in [0, 0.1) is 5.82 Å². The first-order valence-electron chi connectivity index (χ1n) is 6.75. The van der Waals surface area contributed by atoms with Crippen molar-refractivity contribution >= 4 is 22.4 Å². The van der Waals surface area contributed by atoms with Crippen LogP contribution < -0.4 is 10.5 Å². The molecule has 1 aromatic heterocycles. The molecule has 0 spiro atoms. The molecule has 3 rings (SSSR count). The van der Waals surface area contributed by atoms with Gasteiger partial charge >= 0.3 is 0 Å². The number of rotatable bonds is 3. The first-order valence-corrected chi connectivity index (χ1v) is 7.13. The van der Waals surface area contributed by atoms with Crippen LogP contribution in [0.25, 0.3) is 21.9 Å². The highest BCUT2D eigenvalue weighted by atomic mass is 35.5. The number of nitrogens with two attached hydrogens (primary N) is 1. The quantitative estimate of drug-likeness (QED) is 0.789. The average molecular weight is 317 g/mol. The molecule has 3 aromatic rings. The Bertz CT molecular complexity index is 851. The number of aromatic nitrogens is 1. The van der Waals surface area contributed by atoms with Gasteiger partial charge in [-0.1, -0.05) is 23.7 Å². The Kier molecular flexibility index (Phi) is 3.96. The SMILES string of the molecule is COc1ccc(-c2cnc(CN)c3cc(Cl)ccc23)cc1F. The lowest BCUT2D eigenvalue weighted by molar-refractivity contribution is 0.386. The summed E-state index contributed by atoms with van der Waals surface area (Å²) in [7, 11) is 1.44. The van der Waals surface area contributed by atoms with Crippen molar-refractivity contribution in [2.45, 2.75) is 6.54 Å². The van der Waals surface area contributed by atoms with Gasteiger partial charge in [0, 0.05) is 28.7 Å². The van der Waals surface area contributed by atoms with Gasteiger partial charge in [-0.15, -0.1) is 0 Å². The summed E-state index contributed by atoms with van der Waals surface area (Å²) in [6, 6.07) is 10.4. The fourth-order valence-electron chi connectivity index (χ4n) is 2.50. The summed E-state index contributed by atoms with van der Waals surface area (Å²) in [5.41, 5.74) is 8.04. The molecular weight excluding hydrogens is 303 g/mol. The molecule has 0 unspecified atom stereocenters. The van der Waals surface area contributed by atoms with E-state index in [-0.39, 0.29) is 5.75 Å². The number of benzene rings is 2. The highest BCUT2D eigenvalue weighted by molar-refractivity contribution is 6.31. The van der Waals surface area contributed by atoms with Gasteiger partial charge in [0.15, 0.2) is 11.6 Å². The number of pyridine rings is 1. The monoisotopic (exact) mass is 316 g/mol. The molecule has 0 atom stereocenters. The summed E-state index contributed by atoms with van der Waals surface area (Å²) in [5.74, 6) is -0.201. The summed E-state index contributed by atoms with van der Waals surface area (Å²) in [4.78, 5) is 4.38. The van der Waals surface area contributed by atoms with Gasteiger partial charge in [0.2, 0.25) is 0 Å². The van der Waals surface area contributed by atoms with Crippen molar-refractivity contribution in [2.75, 3.05) is 7.11 Å². The maximum absolute atomic E-state index is 14.0. The molecule has 1 heterocycles. The fraction of sp³-hybridized carbons (Fsp3) is 0.118. The van der Waals surface area contributed by atoms with E-state index in [1.807, 2.05) is 12.1 Å². The number of halogens is 2. The third-order valence-electron chi connectivity index (χ3n) is 3.59. The molecule has 3 nitrogen and oxygen atoms in total. The number of hydrogen-bond acceptors (Lipinski definition) is 3. The zero-order chi connectivity index (χ0) is 15.7. The summed E-state index contributed by atoms with van der Waals surface area (Å²) >= 11 is 6.07. The van der Waals surface area contributed by atoms with Crippen molar-refractivity contribution in [3.05, 3.63) is 59.1 Å². The number of ether oxygens (including phenoxy) is 1. The van der Waals surface area contributed by atoms with Crippen LogP contribution in [0.15, 0.2) is 42.6 Å². The molecule has 2 N–H and O–H groups in total. The van der Waals surface area contributed by atoms with Crippen LogP contribution in [0.1, 0.15) is 5.69 Å². The molecule has 2 aromatic carbocycles. The largest absolute Gasteiger partial charge is 0.494 e. The fourth-order valence-corrected chi connectivity index (χ4v) is 2.67. The van der Waals surface area contributed by atoms with Crippen LogP contribution in [0.3, 0.4) is 0 Å². The predicted molar refractivity (Wildman–Crippen MR) is 86.6 cm³/mol. The average Bonchev–Trinajstić information content (AvgIpc) is 2.53. The van der Waals surface area contributed by atoms with Crippen LogP contribution in [0.5, 0.6) is 5.75 Å². The van der Waals surface area contributed by atoms with Crippen LogP contribution in [0.4, 0.5) is 4.39 Å². The molecule has 0 radical (unpaired) electrons. The molecule has 0 saturated carbocycles. The first kappa shape index (κ1) is 14.8. The predicted octanol–water partition coefficient (Wildman–Crippen LogP) is 4.16. The van der Waals surface area contributed by atoms with E-state index in [4.69, 9.17) is 22.1 Å². The van der Waals surface area contributed by atoms with Crippen molar-refractivity contribution < 1.29 is 9.13 Å². The second-order valence-electron chi connectivity index (χ2n) is 4.86. The Morgan fingerprint density at radius 3 is 2.68 bits per heavy atom. The first-order chi connectivity index (χ1) is 10.6. The summed E-state index contributed by atoms with van der Waals surface area (Å²) < 4.78 is 18.9. The molecule has 0 aliphatic heterocycles. The molecule has 5 heteroatoms. The minimum absolute atomic E-state index is 0.211. The van der Waals surface area contributed by atoms with Gasteiger partial charge in [0.05, 0.1) is 12.8 Å². The van der Waals surface area contributed by atoms with Crippen LogP contribution in [-0.2, 0) is 6.54 Å². The number of methoxy groups -OCH3 is 1. The maximum Gasteiger partial charge on any atom is 0.165 e. The normalized spacial score (nSPS) is 10.9. The van der Waals surface area contributed by atoms with Gasteiger partial charge < -0.3 is 10.5 Å². The van der Waals surface area contributed by atoms with Gasteiger partial charge in [0.25, 0.3) is 0 Å². The van der Waals surface area contributed by atoms with Crippen molar-refractivity contribution in [2.24, 2.45) is 5.73 Å². The second-order valence-corrected chi connectivity index (χ2v) is 5.30.